The largest absolute Gasteiger partial charge is 0.398 e. The minimum atomic E-state index is -0.296. The maximum atomic E-state index is 12.2. The van der Waals surface area contributed by atoms with Crippen LogP contribution in [0.25, 0.3) is 0 Å². The van der Waals surface area contributed by atoms with E-state index in [0.29, 0.717) is 16.9 Å². The molecule has 1 heterocycles. The van der Waals surface area contributed by atoms with E-state index in [1.54, 1.807) is 12.3 Å². The van der Waals surface area contributed by atoms with Gasteiger partial charge in [0.25, 0.3) is 5.91 Å². The zero-order valence-electron chi connectivity index (χ0n) is 10.1. The number of carbonyl (C=O) groups is 1. The van der Waals surface area contributed by atoms with Gasteiger partial charge in [0.05, 0.1) is 11.3 Å². The molecule has 1 aromatic carbocycles. The van der Waals surface area contributed by atoms with Gasteiger partial charge in [-0.1, -0.05) is 0 Å². The molecule has 19 heavy (non-hydrogen) atoms. The van der Waals surface area contributed by atoms with Crippen molar-refractivity contribution in [3.8, 4) is 0 Å². The van der Waals surface area contributed by atoms with Crippen molar-refractivity contribution in [3.05, 3.63) is 50.7 Å². The normalized spacial score (nSPS) is 10.3. The van der Waals surface area contributed by atoms with Gasteiger partial charge in [0.1, 0.15) is 0 Å². The predicted octanol–water partition coefficient (Wildman–Crippen LogP) is 3.75. The maximum Gasteiger partial charge on any atom is 0.259 e. The van der Waals surface area contributed by atoms with E-state index in [1.807, 2.05) is 19.1 Å². The number of nitrogen functional groups attached to an aromatic ring is 1. The number of anilines is 2. The molecule has 1 aromatic heterocycles. The molecule has 0 atom stereocenters. The Labute approximate surface area is 127 Å². The molecule has 0 aliphatic carbocycles. The van der Waals surface area contributed by atoms with E-state index in [9.17, 15) is 4.79 Å². The monoisotopic (exact) mass is 383 g/mol. The molecule has 3 N–H and O–H groups in total. The van der Waals surface area contributed by atoms with E-state index in [1.165, 1.54) is 6.20 Å². The van der Waals surface area contributed by atoms with Crippen LogP contribution in [-0.4, -0.2) is 10.9 Å². The standard InChI is InChI=1S/C13H11Br2N3O/c1-7-4-9(14)12(10(15)5-7)18-13(19)8-6-17-3-2-11(8)16/h2-6H,1H3,(H2,16,17)(H,18,19). The highest BCUT2D eigenvalue weighted by Gasteiger charge is 2.14. The first kappa shape index (κ1) is 14.0. The summed E-state index contributed by atoms with van der Waals surface area (Å²) in [5, 5.41) is 2.81. The molecule has 0 fully saturated rings. The fourth-order valence-corrected chi connectivity index (χ4v) is 3.21. The highest BCUT2D eigenvalue weighted by atomic mass is 79.9. The molecule has 98 valence electrons. The van der Waals surface area contributed by atoms with Crippen LogP contribution >= 0.6 is 31.9 Å². The van der Waals surface area contributed by atoms with Crippen molar-refractivity contribution in [1.82, 2.24) is 4.98 Å². The van der Waals surface area contributed by atoms with E-state index >= 15 is 0 Å². The molecule has 0 bridgehead atoms. The first-order chi connectivity index (χ1) is 8.99. The average Bonchev–Trinajstić information content (AvgIpc) is 2.34. The summed E-state index contributed by atoms with van der Waals surface area (Å²) in [7, 11) is 0. The summed E-state index contributed by atoms with van der Waals surface area (Å²) in [4.78, 5) is 16.1. The van der Waals surface area contributed by atoms with Gasteiger partial charge in [-0.15, -0.1) is 0 Å². The van der Waals surface area contributed by atoms with Crippen molar-refractivity contribution < 1.29 is 4.79 Å². The van der Waals surface area contributed by atoms with Gasteiger partial charge in [0.2, 0.25) is 0 Å². The summed E-state index contributed by atoms with van der Waals surface area (Å²) in [6.45, 7) is 1.97. The highest BCUT2D eigenvalue weighted by molar-refractivity contribution is 9.11. The number of aromatic nitrogens is 1. The number of nitrogens with two attached hydrogens (primary N) is 1. The van der Waals surface area contributed by atoms with Crippen molar-refractivity contribution in [2.45, 2.75) is 6.92 Å². The van der Waals surface area contributed by atoms with Gasteiger partial charge in [0, 0.05) is 27.0 Å². The SMILES string of the molecule is Cc1cc(Br)c(NC(=O)c2cnccc2N)c(Br)c1. The van der Waals surface area contributed by atoms with Crippen molar-refractivity contribution >= 4 is 49.1 Å². The lowest BCUT2D eigenvalue weighted by molar-refractivity contribution is 0.102. The van der Waals surface area contributed by atoms with Gasteiger partial charge in [-0.05, 0) is 62.5 Å². The van der Waals surface area contributed by atoms with E-state index in [4.69, 9.17) is 5.73 Å². The number of hydrogen-bond acceptors (Lipinski definition) is 3. The summed E-state index contributed by atoms with van der Waals surface area (Å²) in [5.74, 6) is -0.296. The van der Waals surface area contributed by atoms with Gasteiger partial charge >= 0.3 is 0 Å². The second kappa shape index (κ2) is 5.71. The van der Waals surface area contributed by atoms with Crippen LogP contribution in [0.3, 0.4) is 0 Å². The lowest BCUT2D eigenvalue weighted by Crippen LogP contribution is -2.15. The molecule has 4 nitrogen and oxygen atoms in total. The van der Waals surface area contributed by atoms with Crippen LogP contribution in [0, 0.1) is 6.92 Å². The molecule has 0 saturated heterocycles. The zero-order valence-corrected chi connectivity index (χ0v) is 13.2. The van der Waals surface area contributed by atoms with E-state index < -0.39 is 0 Å². The molecule has 0 aliphatic rings. The van der Waals surface area contributed by atoms with Gasteiger partial charge in [-0.3, -0.25) is 9.78 Å². The molecule has 6 heteroatoms. The number of carbonyl (C=O) groups excluding carboxylic acids is 1. The molecule has 0 spiro atoms. The van der Waals surface area contributed by atoms with E-state index in [-0.39, 0.29) is 5.91 Å². The fourth-order valence-electron chi connectivity index (χ4n) is 1.60. The molecule has 2 rings (SSSR count). The van der Waals surface area contributed by atoms with Crippen LogP contribution in [0.4, 0.5) is 11.4 Å². The maximum absolute atomic E-state index is 12.2. The molecule has 0 unspecified atom stereocenters. The van der Waals surface area contributed by atoms with Crippen molar-refractivity contribution in [2.75, 3.05) is 11.1 Å². The Morgan fingerprint density at radius 1 is 1.32 bits per heavy atom. The number of halogens is 2. The van der Waals surface area contributed by atoms with Gasteiger partial charge < -0.3 is 11.1 Å². The molecular formula is C13H11Br2N3O. The van der Waals surface area contributed by atoms with Crippen LogP contribution in [0.1, 0.15) is 15.9 Å². The topological polar surface area (TPSA) is 68.0 Å². The Bertz CT molecular complexity index is 621. The van der Waals surface area contributed by atoms with E-state index in [0.717, 1.165) is 14.5 Å². The number of nitrogens with zero attached hydrogens (tertiary/aromatic N) is 1. The third-order valence-corrected chi connectivity index (χ3v) is 3.78. The summed E-state index contributed by atoms with van der Waals surface area (Å²) < 4.78 is 1.60. The molecule has 0 aliphatic heterocycles. The van der Waals surface area contributed by atoms with Crippen LogP contribution < -0.4 is 11.1 Å². The number of pyridine rings is 1. The summed E-state index contributed by atoms with van der Waals surface area (Å²) in [6.07, 6.45) is 2.99. The minimum absolute atomic E-state index is 0.296. The summed E-state index contributed by atoms with van der Waals surface area (Å²) >= 11 is 6.85. The number of hydrogen-bond donors (Lipinski definition) is 2. The Morgan fingerprint density at radius 3 is 2.53 bits per heavy atom. The van der Waals surface area contributed by atoms with Gasteiger partial charge in [-0.2, -0.15) is 0 Å². The second-order valence-electron chi connectivity index (χ2n) is 4.02. The Hall–Kier alpha value is -1.40. The first-order valence-corrected chi connectivity index (χ1v) is 7.04. The third kappa shape index (κ3) is 3.13. The number of benzene rings is 1. The average molecular weight is 385 g/mol. The number of rotatable bonds is 2. The Morgan fingerprint density at radius 2 is 1.95 bits per heavy atom. The van der Waals surface area contributed by atoms with Crippen LogP contribution in [-0.2, 0) is 0 Å². The lowest BCUT2D eigenvalue weighted by Gasteiger charge is -2.11. The van der Waals surface area contributed by atoms with Crippen molar-refractivity contribution in [3.63, 3.8) is 0 Å². The molecule has 0 saturated carbocycles. The Kier molecular flexibility index (Phi) is 4.21. The lowest BCUT2D eigenvalue weighted by atomic mass is 10.2. The van der Waals surface area contributed by atoms with Crippen LogP contribution in [0.15, 0.2) is 39.5 Å². The summed E-state index contributed by atoms with van der Waals surface area (Å²) in [6, 6.07) is 5.44. The molecule has 1 amide bonds. The van der Waals surface area contributed by atoms with Gasteiger partial charge in [0.15, 0.2) is 0 Å². The fraction of sp³-hybridized carbons (Fsp3) is 0.0769. The van der Waals surface area contributed by atoms with Crippen molar-refractivity contribution in [1.29, 1.82) is 0 Å². The molecule has 2 aromatic rings. The number of nitrogens with one attached hydrogen (secondary N) is 1. The van der Waals surface area contributed by atoms with Crippen molar-refractivity contribution in [2.24, 2.45) is 0 Å². The number of aryl methyl sites for hydroxylation is 1. The Balaban J connectivity index is 2.32. The van der Waals surface area contributed by atoms with Crippen LogP contribution in [0.5, 0.6) is 0 Å². The predicted molar refractivity (Wildman–Crippen MR) is 83.2 cm³/mol. The zero-order chi connectivity index (χ0) is 14.0. The van der Waals surface area contributed by atoms with E-state index in [2.05, 4.69) is 42.2 Å². The molecular weight excluding hydrogens is 374 g/mol. The number of amides is 1. The third-order valence-electron chi connectivity index (χ3n) is 2.52. The molecule has 0 radical (unpaired) electrons. The quantitative estimate of drug-likeness (QED) is 0.828. The van der Waals surface area contributed by atoms with Gasteiger partial charge in [-0.25, -0.2) is 0 Å². The van der Waals surface area contributed by atoms with Crippen LogP contribution in [0.2, 0.25) is 0 Å². The smallest absolute Gasteiger partial charge is 0.259 e. The minimum Gasteiger partial charge on any atom is -0.398 e. The summed E-state index contributed by atoms with van der Waals surface area (Å²) in [5.41, 5.74) is 8.24. The second-order valence-corrected chi connectivity index (χ2v) is 5.73. The first-order valence-electron chi connectivity index (χ1n) is 5.45. The highest BCUT2D eigenvalue weighted by Crippen LogP contribution is 2.32.